The summed E-state index contributed by atoms with van der Waals surface area (Å²) in [5.41, 5.74) is 5.45. The number of aryl methyl sites for hydroxylation is 2. The lowest BCUT2D eigenvalue weighted by atomic mass is 9.43. The van der Waals surface area contributed by atoms with E-state index in [1.165, 1.54) is 25.6 Å². The molecule has 0 spiro atoms. The van der Waals surface area contributed by atoms with Crippen LogP contribution in [0.3, 0.4) is 0 Å². The van der Waals surface area contributed by atoms with Gasteiger partial charge in [0, 0.05) is 28.9 Å². The molecule has 0 amide bonds. The predicted molar refractivity (Wildman–Crippen MR) is 158 cm³/mol. The molecule has 5 rings (SSSR count). The normalized spacial score (nSPS) is 10.3. The van der Waals surface area contributed by atoms with Crippen molar-refractivity contribution in [2.45, 2.75) is 26.2 Å². The minimum atomic E-state index is 0.484. The number of nitrogens with zero attached hydrogens (tertiary/aromatic N) is 2. The van der Waals surface area contributed by atoms with Crippen LogP contribution in [0.2, 0.25) is 6.82 Å². The minimum Gasteiger partial charge on any atom is -0.334 e. The highest BCUT2D eigenvalue weighted by atomic mass is 127. The maximum absolute atomic E-state index is 4.52. The summed E-state index contributed by atoms with van der Waals surface area (Å²) < 4.78 is 3.56. The smallest absolute Gasteiger partial charge is 0.206 e. The van der Waals surface area contributed by atoms with Crippen LogP contribution in [0.4, 0.5) is 0 Å². The highest BCUT2D eigenvalue weighted by Crippen LogP contribution is 2.16. The number of halogens is 1. The van der Waals surface area contributed by atoms with Gasteiger partial charge in [0.2, 0.25) is 6.71 Å². The maximum atomic E-state index is 4.52. The van der Waals surface area contributed by atoms with Gasteiger partial charge in [-0.25, -0.2) is 4.98 Å². The summed E-state index contributed by atoms with van der Waals surface area (Å²) >= 11 is 2.39. The SMILES string of the molecule is CB(c1ccccc1)c1ccccc1.Ic1ccccc1Cc1nccn1CCc1ccccc1. The van der Waals surface area contributed by atoms with Crippen molar-refractivity contribution in [3.05, 3.63) is 148 Å². The van der Waals surface area contributed by atoms with Crippen molar-refractivity contribution in [2.24, 2.45) is 0 Å². The number of hydrogen-bond donors (Lipinski definition) is 0. The summed E-state index contributed by atoms with van der Waals surface area (Å²) in [5, 5.41) is 0. The van der Waals surface area contributed by atoms with E-state index in [1.54, 1.807) is 0 Å². The fourth-order valence-corrected chi connectivity index (χ4v) is 4.67. The second-order valence-electron chi connectivity index (χ2n) is 8.58. The van der Waals surface area contributed by atoms with E-state index in [2.05, 4.69) is 160 Å². The summed E-state index contributed by atoms with van der Waals surface area (Å²) in [6, 6.07) is 40.3. The number of hydrogen-bond acceptors (Lipinski definition) is 1. The van der Waals surface area contributed by atoms with Crippen molar-refractivity contribution in [3.8, 4) is 0 Å². The number of aromatic nitrogens is 2. The van der Waals surface area contributed by atoms with Gasteiger partial charge < -0.3 is 4.57 Å². The van der Waals surface area contributed by atoms with E-state index in [0.29, 0.717) is 6.71 Å². The highest BCUT2D eigenvalue weighted by molar-refractivity contribution is 14.1. The van der Waals surface area contributed by atoms with Crippen molar-refractivity contribution in [3.63, 3.8) is 0 Å². The van der Waals surface area contributed by atoms with Crippen LogP contribution in [0.25, 0.3) is 0 Å². The highest BCUT2D eigenvalue weighted by Gasteiger charge is 2.11. The Bertz CT molecular complexity index is 1250. The van der Waals surface area contributed by atoms with Crippen molar-refractivity contribution in [1.82, 2.24) is 9.55 Å². The molecule has 0 N–H and O–H groups in total. The molecule has 0 saturated heterocycles. The van der Waals surface area contributed by atoms with Gasteiger partial charge in [-0.2, -0.15) is 0 Å². The van der Waals surface area contributed by atoms with Crippen LogP contribution in [-0.2, 0) is 19.4 Å². The quantitative estimate of drug-likeness (QED) is 0.168. The van der Waals surface area contributed by atoms with Crippen molar-refractivity contribution in [2.75, 3.05) is 0 Å². The number of imidazole rings is 1. The Labute approximate surface area is 223 Å². The molecule has 4 aromatic carbocycles. The predicted octanol–water partition coefficient (Wildman–Crippen LogP) is 6.25. The summed E-state index contributed by atoms with van der Waals surface area (Å²) in [6.45, 7) is 3.70. The van der Waals surface area contributed by atoms with Crippen LogP contribution < -0.4 is 10.9 Å². The molecule has 0 atom stereocenters. The Balaban J connectivity index is 0.000000179. The van der Waals surface area contributed by atoms with Crippen LogP contribution in [0, 0.1) is 3.57 Å². The second kappa shape index (κ2) is 13.1. The molecule has 1 aromatic heterocycles. The third kappa shape index (κ3) is 7.43. The van der Waals surface area contributed by atoms with Gasteiger partial charge in [0.05, 0.1) is 0 Å². The first-order valence-electron chi connectivity index (χ1n) is 12.1. The van der Waals surface area contributed by atoms with E-state index in [9.17, 15) is 0 Å². The molecule has 0 bridgehead atoms. The molecule has 0 radical (unpaired) electrons. The van der Waals surface area contributed by atoms with E-state index in [1.807, 2.05) is 6.20 Å². The topological polar surface area (TPSA) is 17.8 Å². The summed E-state index contributed by atoms with van der Waals surface area (Å²) in [4.78, 5) is 4.52. The van der Waals surface area contributed by atoms with Crippen LogP contribution in [-0.4, -0.2) is 16.3 Å². The van der Waals surface area contributed by atoms with E-state index in [4.69, 9.17) is 0 Å². The van der Waals surface area contributed by atoms with Gasteiger partial charge in [0.15, 0.2) is 0 Å². The molecule has 0 aliphatic rings. The zero-order valence-corrected chi connectivity index (χ0v) is 22.3. The Morgan fingerprint density at radius 1 is 0.714 bits per heavy atom. The van der Waals surface area contributed by atoms with E-state index >= 15 is 0 Å². The van der Waals surface area contributed by atoms with E-state index in [-0.39, 0.29) is 0 Å². The number of benzene rings is 4. The van der Waals surface area contributed by atoms with Crippen molar-refractivity contribution < 1.29 is 0 Å². The molecule has 1 heterocycles. The van der Waals surface area contributed by atoms with Gasteiger partial charge >= 0.3 is 0 Å². The maximum Gasteiger partial charge on any atom is 0.206 e. The first-order chi connectivity index (χ1) is 17.2. The molecular formula is C31H30BIN2. The third-order valence-electron chi connectivity index (χ3n) is 6.19. The van der Waals surface area contributed by atoms with Crippen LogP contribution in [0.1, 0.15) is 17.0 Å². The summed E-state index contributed by atoms with van der Waals surface area (Å²) in [6.07, 6.45) is 5.90. The Hall–Kier alpha value is -3.12. The van der Waals surface area contributed by atoms with Crippen LogP contribution >= 0.6 is 22.6 Å². The lowest BCUT2D eigenvalue weighted by Gasteiger charge is -2.09. The zero-order chi connectivity index (χ0) is 24.3. The van der Waals surface area contributed by atoms with Gasteiger partial charge in [-0.05, 0) is 46.2 Å². The lowest BCUT2D eigenvalue weighted by Crippen LogP contribution is -2.38. The molecule has 35 heavy (non-hydrogen) atoms. The second-order valence-corrected chi connectivity index (χ2v) is 9.75. The minimum absolute atomic E-state index is 0.484. The molecule has 0 unspecified atom stereocenters. The van der Waals surface area contributed by atoms with Gasteiger partial charge in [-0.15, -0.1) is 0 Å². The molecule has 4 heteroatoms. The Morgan fingerprint density at radius 2 is 1.26 bits per heavy atom. The van der Waals surface area contributed by atoms with E-state index < -0.39 is 0 Å². The van der Waals surface area contributed by atoms with E-state index in [0.717, 1.165) is 25.2 Å². The first kappa shape index (κ1) is 25.0. The fraction of sp³-hybridized carbons (Fsp3) is 0.129. The fourth-order valence-electron chi connectivity index (χ4n) is 4.09. The standard InChI is InChI=1S/C18H17IN2.C13H13B/c19-17-9-5-4-8-16(17)14-18-20-11-13-21(18)12-10-15-6-2-1-3-7-15;1-14(12-8-4-2-5-9-12)13-10-6-3-7-11-13/h1-9,11,13H,10,12,14H2;2-11H,1H3. The average Bonchev–Trinajstić information content (AvgIpc) is 3.37. The molecule has 0 aliphatic carbocycles. The Kier molecular flexibility index (Phi) is 9.36. The Morgan fingerprint density at radius 3 is 1.86 bits per heavy atom. The van der Waals surface area contributed by atoms with Crippen LogP contribution in [0.15, 0.2) is 128 Å². The summed E-state index contributed by atoms with van der Waals surface area (Å²) in [5.74, 6) is 1.13. The lowest BCUT2D eigenvalue weighted by molar-refractivity contribution is 0.660. The molecule has 2 nitrogen and oxygen atoms in total. The molecule has 0 aliphatic heterocycles. The van der Waals surface area contributed by atoms with Gasteiger partial charge in [-0.1, -0.05) is 127 Å². The number of rotatable bonds is 7. The molecule has 0 saturated carbocycles. The van der Waals surface area contributed by atoms with Gasteiger partial charge in [0.1, 0.15) is 5.82 Å². The van der Waals surface area contributed by atoms with Crippen molar-refractivity contribution in [1.29, 1.82) is 0 Å². The largest absolute Gasteiger partial charge is 0.334 e. The monoisotopic (exact) mass is 568 g/mol. The summed E-state index contributed by atoms with van der Waals surface area (Å²) in [7, 11) is 0. The van der Waals surface area contributed by atoms with Crippen molar-refractivity contribution >= 4 is 40.2 Å². The molecular weight excluding hydrogens is 538 g/mol. The molecule has 174 valence electrons. The average molecular weight is 568 g/mol. The molecule has 5 aromatic rings. The first-order valence-corrected chi connectivity index (χ1v) is 13.2. The van der Waals surface area contributed by atoms with Crippen LogP contribution in [0.5, 0.6) is 0 Å². The molecule has 0 fully saturated rings. The zero-order valence-electron chi connectivity index (χ0n) is 20.1. The van der Waals surface area contributed by atoms with Gasteiger partial charge in [-0.3, -0.25) is 0 Å². The third-order valence-corrected chi connectivity index (χ3v) is 7.24. The van der Waals surface area contributed by atoms with Gasteiger partial charge in [0.25, 0.3) is 0 Å².